The van der Waals surface area contributed by atoms with Gasteiger partial charge in [0.2, 0.25) is 0 Å². The van der Waals surface area contributed by atoms with Gasteiger partial charge in [0.25, 0.3) is 5.91 Å². The number of amides is 1. The van der Waals surface area contributed by atoms with Crippen LogP contribution < -0.4 is 11.1 Å². The van der Waals surface area contributed by atoms with Gasteiger partial charge in [-0.3, -0.25) is 4.79 Å². The minimum atomic E-state index is -0.537. The Hall–Kier alpha value is -1.58. The molecule has 3 N–H and O–H groups in total. The fourth-order valence-corrected chi connectivity index (χ4v) is 2.60. The standard InChI is InChI=1S/C15H21FN2O/c16-13-10-6-9-12(14(13)17)15(19)18-11-7-4-2-1-3-5-8-11/h6,9-11H,1-5,7-8,17H2,(H,18,19). The van der Waals surface area contributed by atoms with Crippen molar-refractivity contribution in [3.63, 3.8) is 0 Å². The predicted molar refractivity (Wildman–Crippen MR) is 74.4 cm³/mol. The van der Waals surface area contributed by atoms with Crippen molar-refractivity contribution in [2.45, 2.75) is 51.0 Å². The SMILES string of the molecule is Nc1c(F)cccc1C(=O)NC1CCCCCCC1. The molecular formula is C15H21FN2O. The molecule has 0 radical (unpaired) electrons. The number of nitrogen functional groups attached to an aromatic ring is 1. The maximum absolute atomic E-state index is 13.3. The number of rotatable bonds is 2. The molecule has 0 aliphatic heterocycles. The molecule has 0 saturated heterocycles. The number of hydrogen-bond donors (Lipinski definition) is 2. The normalized spacial score (nSPS) is 17.5. The van der Waals surface area contributed by atoms with Crippen molar-refractivity contribution in [2.75, 3.05) is 5.73 Å². The van der Waals surface area contributed by atoms with Crippen LogP contribution in [0.3, 0.4) is 0 Å². The number of nitrogens with two attached hydrogens (primary N) is 1. The second-order valence-corrected chi connectivity index (χ2v) is 5.22. The van der Waals surface area contributed by atoms with Crippen molar-refractivity contribution in [1.29, 1.82) is 0 Å². The van der Waals surface area contributed by atoms with E-state index >= 15 is 0 Å². The van der Waals surface area contributed by atoms with Gasteiger partial charge in [0.1, 0.15) is 5.82 Å². The van der Waals surface area contributed by atoms with E-state index in [-0.39, 0.29) is 23.2 Å². The molecule has 1 aromatic rings. The number of para-hydroxylation sites is 1. The van der Waals surface area contributed by atoms with Crippen LogP contribution in [0.1, 0.15) is 55.3 Å². The molecule has 1 aliphatic rings. The van der Waals surface area contributed by atoms with Gasteiger partial charge in [-0.15, -0.1) is 0 Å². The van der Waals surface area contributed by atoms with E-state index in [0.29, 0.717) is 0 Å². The van der Waals surface area contributed by atoms with Gasteiger partial charge in [0.05, 0.1) is 11.3 Å². The topological polar surface area (TPSA) is 55.1 Å². The molecule has 1 amide bonds. The molecular weight excluding hydrogens is 243 g/mol. The minimum absolute atomic E-state index is 0.0640. The number of benzene rings is 1. The molecule has 19 heavy (non-hydrogen) atoms. The summed E-state index contributed by atoms with van der Waals surface area (Å²) in [4.78, 5) is 12.1. The monoisotopic (exact) mass is 264 g/mol. The second kappa shape index (κ2) is 6.55. The molecule has 2 rings (SSSR count). The van der Waals surface area contributed by atoms with Crippen LogP contribution in [-0.4, -0.2) is 11.9 Å². The van der Waals surface area contributed by atoms with Gasteiger partial charge < -0.3 is 11.1 Å². The summed E-state index contributed by atoms with van der Waals surface area (Å²) in [5.41, 5.74) is 5.78. The molecule has 0 unspecified atom stereocenters. The van der Waals surface area contributed by atoms with Gasteiger partial charge in [-0.25, -0.2) is 4.39 Å². The zero-order valence-corrected chi connectivity index (χ0v) is 11.1. The molecule has 0 atom stereocenters. The molecule has 1 saturated carbocycles. The van der Waals surface area contributed by atoms with Crippen LogP contribution in [0.25, 0.3) is 0 Å². The highest BCUT2D eigenvalue weighted by Gasteiger charge is 2.17. The van der Waals surface area contributed by atoms with Gasteiger partial charge in [-0.1, -0.05) is 38.2 Å². The van der Waals surface area contributed by atoms with Crippen molar-refractivity contribution in [2.24, 2.45) is 0 Å². The van der Waals surface area contributed by atoms with Crippen LogP contribution in [0.15, 0.2) is 18.2 Å². The molecule has 0 aromatic heterocycles. The average Bonchev–Trinajstić information content (AvgIpc) is 2.35. The van der Waals surface area contributed by atoms with E-state index < -0.39 is 5.82 Å². The number of carbonyl (C=O) groups excluding carboxylic acids is 1. The Morgan fingerprint density at radius 2 is 1.79 bits per heavy atom. The first-order chi connectivity index (χ1) is 9.18. The fourth-order valence-electron chi connectivity index (χ4n) is 2.60. The van der Waals surface area contributed by atoms with Crippen molar-refractivity contribution in [1.82, 2.24) is 5.32 Å². The third kappa shape index (κ3) is 3.69. The smallest absolute Gasteiger partial charge is 0.253 e. The Labute approximate surface area is 113 Å². The number of halogens is 1. The Bertz CT molecular complexity index is 440. The quantitative estimate of drug-likeness (QED) is 0.806. The van der Waals surface area contributed by atoms with Crippen LogP contribution in [-0.2, 0) is 0 Å². The van der Waals surface area contributed by atoms with Crippen LogP contribution in [0.4, 0.5) is 10.1 Å². The lowest BCUT2D eigenvalue weighted by Crippen LogP contribution is -2.35. The highest BCUT2D eigenvalue weighted by Crippen LogP contribution is 2.19. The average molecular weight is 264 g/mol. The van der Waals surface area contributed by atoms with Crippen molar-refractivity contribution >= 4 is 11.6 Å². The summed E-state index contributed by atoms with van der Waals surface area (Å²) in [6.45, 7) is 0. The van der Waals surface area contributed by atoms with E-state index in [0.717, 1.165) is 25.7 Å². The lowest BCUT2D eigenvalue weighted by molar-refractivity contribution is 0.0931. The van der Waals surface area contributed by atoms with E-state index in [1.807, 2.05) is 0 Å². The summed E-state index contributed by atoms with van der Waals surface area (Å²) >= 11 is 0. The van der Waals surface area contributed by atoms with Gasteiger partial charge >= 0.3 is 0 Å². The van der Waals surface area contributed by atoms with Crippen molar-refractivity contribution in [3.8, 4) is 0 Å². The molecule has 1 aromatic carbocycles. The molecule has 1 aliphatic carbocycles. The van der Waals surface area contributed by atoms with Crippen molar-refractivity contribution < 1.29 is 9.18 Å². The zero-order chi connectivity index (χ0) is 13.7. The van der Waals surface area contributed by atoms with E-state index in [1.54, 1.807) is 6.07 Å². The van der Waals surface area contributed by atoms with Gasteiger partial charge in [0, 0.05) is 6.04 Å². The first-order valence-corrected chi connectivity index (χ1v) is 7.03. The number of anilines is 1. The minimum Gasteiger partial charge on any atom is -0.396 e. The molecule has 0 spiro atoms. The summed E-state index contributed by atoms with van der Waals surface area (Å²) in [5, 5.41) is 2.99. The highest BCUT2D eigenvalue weighted by atomic mass is 19.1. The Kier molecular flexibility index (Phi) is 4.77. The van der Waals surface area contributed by atoms with Crippen LogP contribution in [0.2, 0.25) is 0 Å². The third-order valence-electron chi connectivity index (χ3n) is 3.74. The summed E-state index contributed by atoms with van der Waals surface area (Å²) < 4.78 is 13.3. The molecule has 3 nitrogen and oxygen atoms in total. The van der Waals surface area contributed by atoms with Crippen LogP contribution in [0, 0.1) is 5.82 Å². The van der Waals surface area contributed by atoms with E-state index in [4.69, 9.17) is 5.73 Å². The largest absolute Gasteiger partial charge is 0.396 e. The van der Waals surface area contributed by atoms with Crippen LogP contribution >= 0.6 is 0 Å². The number of carbonyl (C=O) groups is 1. The summed E-state index contributed by atoms with van der Waals surface area (Å²) in [7, 11) is 0. The predicted octanol–water partition coefficient (Wildman–Crippen LogP) is 3.25. The maximum atomic E-state index is 13.3. The summed E-state index contributed by atoms with van der Waals surface area (Å²) in [5.74, 6) is -0.798. The van der Waals surface area contributed by atoms with Crippen LogP contribution in [0.5, 0.6) is 0 Å². The second-order valence-electron chi connectivity index (χ2n) is 5.22. The number of hydrogen-bond acceptors (Lipinski definition) is 2. The first-order valence-electron chi connectivity index (χ1n) is 7.03. The fraction of sp³-hybridized carbons (Fsp3) is 0.533. The van der Waals surface area contributed by atoms with Gasteiger partial charge in [-0.05, 0) is 25.0 Å². The summed E-state index contributed by atoms with van der Waals surface area (Å²) in [6, 6.07) is 4.53. The van der Waals surface area contributed by atoms with Gasteiger partial charge in [0.15, 0.2) is 0 Å². The Morgan fingerprint density at radius 3 is 2.47 bits per heavy atom. The third-order valence-corrected chi connectivity index (χ3v) is 3.74. The van der Waals surface area contributed by atoms with E-state index in [9.17, 15) is 9.18 Å². The molecule has 0 heterocycles. The molecule has 0 bridgehead atoms. The number of nitrogens with one attached hydrogen (secondary N) is 1. The highest BCUT2D eigenvalue weighted by molar-refractivity contribution is 5.99. The lowest BCUT2D eigenvalue weighted by atomic mass is 9.96. The molecule has 4 heteroatoms. The van der Waals surface area contributed by atoms with Crippen molar-refractivity contribution in [3.05, 3.63) is 29.6 Å². The molecule has 104 valence electrons. The maximum Gasteiger partial charge on any atom is 0.253 e. The van der Waals surface area contributed by atoms with E-state index in [2.05, 4.69) is 5.32 Å². The lowest BCUT2D eigenvalue weighted by Gasteiger charge is -2.21. The molecule has 1 fully saturated rings. The Morgan fingerprint density at radius 1 is 1.16 bits per heavy atom. The van der Waals surface area contributed by atoms with Gasteiger partial charge in [-0.2, -0.15) is 0 Å². The van der Waals surface area contributed by atoms with E-state index in [1.165, 1.54) is 31.4 Å². The summed E-state index contributed by atoms with van der Waals surface area (Å²) in [6.07, 6.45) is 8.04. The first kappa shape index (κ1) is 13.8. The zero-order valence-electron chi connectivity index (χ0n) is 11.1. The Balaban J connectivity index is 2.01.